The minimum Gasteiger partial charge on any atom is -0.341 e. The number of carbonyl (C=O) groups is 1. The normalized spacial score (nSPS) is 11.5. The molecule has 5 nitrogen and oxygen atoms in total. The lowest BCUT2D eigenvalue weighted by Crippen LogP contribution is -2.42. The largest absolute Gasteiger partial charge is 0.341 e. The zero-order chi connectivity index (χ0) is 11.5. The molecule has 0 saturated carbocycles. The fourth-order valence-corrected chi connectivity index (χ4v) is 1.31. The van der Waals surface area contributed by atoms with Crippen LogP contribution in [0.3, 0.4) is 0 Å². The van der Waals surface area contributed by atoms with Crippen LogP contribution in [-0.4, -0.2) is 34.6 Å². The van der Waals surface area contributed by atoms with Crippen LogP contribution in [0.4, 0.5) is 0 Å². The molecule has 0 aromatic carbocycles. The van der Waals surface area contributed by atoms with Crippen molar-refractivity contribution in [2.75, 3.05) is 13.6 Å². The Bertz CT molecular complexity index is 318. The molecule has 1 aromatic rings. The molecule has 1 rings (SSSR count). The summed E-state index contributed by atoms with van der Waals surface area (Å²) < 4.78 is 0. The van der Waals surface area contributed by atoms with E-state index in [1.807, 2.05) is 13.8 Å². The van der Waals surface area contributed by atoms with Crippen molar-refractivity contribution in [1.82, 2.24) is 15.1 Å². The molecular formula is C10H18N4O. The Morgan fingerprint density at radius 2 is 2.33 bits per heavy atom. The molecule has 3 N–H and O–H groups in total. The SMILES string of the molecule is CN(Cc1cn[nH]c1)C(=O)C(C)(C)CN. The van der Waals surface area contributed by atoms with Gasteiger partial charge < -0.3 is 10.6 Å². The van der Waals surface area contributed by atoms with Crippen LogP contribution < -0.4 is 5.73 Å². The number of carbonyl (C=O) groups excluding carboxylic acids is 1. The maximum absolute atomic E-state index is 11.9. The molecule has 0 unspecified atom stereocenters. The standard InChI is InChI=1S/C10H18N4O/c1-10(2,7-11)9(15)14(3)6-8-4-12-13-5-8/h4-5H,6-7,11H2,1-3H3,(H,12,13). The third kappa shape index (κ3) is 2.79. The fraction of sp³-hybridized carbons (Fsp3) is 0.600. The lowest BCUT2D eigenvalue weighted by molar-refractivity contribution is -0.139. The molecule has 84 valence electrons. The molecule has 0 spiro atoms. The van der Waals surface area contributed by atoms with Gasteiger partial charge in [0.25, 0.3) is 0 Å². The Morgan fingerprint density at radius 1 is 1.67 bits per heavy atom. The molecule has 0 bridgehead atoms. The Kier molecular flexibility index (Phi) is 3.47. The van der Waals surface area contributed by atoms with E-state index in [1.54, 1.807) is 24.3 Å². The second kappa shape index (κ2) is 4.44. The molecule has 0 saturated heterocycles. The molecule has 1 amide bonds. The maximum atomic E-state index is 11.9. The van der Waals surface area contributed by atoms with Crippen LogP contribution in [0.1, 0.15) is 19.4 Å². The maximum Gasteiger partial charge on any atom is 0.229 e. The highest BCUT2D eigenvalue weighted by Crippen LogP contribution is 2.17. The number of nitrogens with zero attached hydrogens (tertiary/aromatic N) is 2. The highest BCUT2D eigenvalue weighted by molar-refractivity contribution is 5.81. The number of aromatic amines is 1. The van der Waals surface area contributed by atoms with Crippen molar-refractivity contribution in [2.45, 2.75) is 20.4 Å². The van der Waals surface area contributed by atoms with E-state index in [-0.39, 0.29) is 5.91 Å². The summed E-state index contributed by atoms with van der Waals surface area (Å²) in [5.74, 6) is 0.0474. The molecule has 0 fully saturated rings. The lowest BCUT2D eigenvalue weighted by Gasteiger charge is -2.27. The lowest BCUT2D eigenvalue weighted by atomic mass is 9.92. The summed E-state index contributed by atoms with van der Waals surface area (Å²) in [6.07, 6.45) is 3.48. The number of nitrogens with two attached hydrogens (primary N) is 1. The van der Waals surface area contributed by atoms with Crippen LogP contribution >= 0.6 is 0 Å². The summed E-state index contributed by atoms with van der Waals surface area (Å²) in [7, 11) is 1.77. The number of nitrogens with one attached hydrogen (secondary N) is 1. The summed E-state index contributed by atoms with van der Waals surface area (Å²) in [4.78, 5) is 13.6. The van der Waals surface area contributed by atoms with Gasteiger partial charge in [-0.05, 0) is 13.8 Å². The Balaban J connectivity index is 2.61. The van der Waals surface area contributed by atoms with Gasteiger partial charge in [-0.3, -0.25) is 9.89 Å². The molecule has 0 aliphatic rings. The van der Waals surface area contributed by atoms with Gasteiger partial charge in [-0.25, -0.2) is 0 Å². The number of hydrogen-bond donors (Lipinski definition) is 2. The summed E-state index contributed by atoms with van der Waals surface area (Å²) in [5, 5.41) is 6.54. The van der Waals surface area contributed by atoms with E-state index in [1.165, 1.54) is 0 Å². The van der Waals surface area contributed by atoms with Gasteiger partial charge in [-0.2, -0.15) is 5.10 Å². The number of H-pyrrole nitrogens is 1. The van der Waals surface area contributed by atoms with Gasteiger partial charge >= 0.3 is 0 Å². The van der Waals surface area contributed by atoms with Crippen molar-refractivity contribution in [1.29, 1.82) is 0 Å². The van der Waals surface area contributed by atoms with Gasteiger partial charge in [0, 0.05) is 31.9 Å². The van der Waals surface area contributed by atoms with Crippen LogP contribution in [0.15, 0.2) is 12.4 Å². The van der Waals surface area contributed by atoms with Gasteiger partial charge in [-0.15, -0.1) is 0 Å². The van der Waals surface area contributed by atoms with Crippen molar-refractivity contribution < 1.29 is 4.79 Å². The van der Waals surface area contributed by atoms with Crippen LogP contribution in [0.25, 0.3) is 0 Å². The zero-order valence-corrected chi connectivity index (χ0v) is 9.45. The average Bonchev–Trinajstić information content (AvgIpc) is 2.69. The first-order chi connectivity index (χ1) is 6.97. The third-order valence-electron chi connectivity index (χ3n) is 2.41. The minimum absolute atomic E-state index is 0.0474. The van der Waals surface area contributed by atoms with Crippen LogP contribution in [0.2, 0.25) is 0 Å². The molecule has 0 aliphatic heterocycles. The van der Waals surface area contributed by atoms with E-state index in [4.69, 9.17) is 5.73 Å². The summed E-state index contributed by atoms with van der Waals surface area (Å²) >= 11 is 0. The third-order valence-corrected chi connectivity index (χ3v) is 2.41. The number of rotatable bonds is 4. The monoisotopic (exact) mass is 210 g/mol. The van der Waals surface area contributed by atoms with Gasteiger partial charge in [0.1, 0.15) is 0 Å². The molecule has 1 heterocycles. The Morgan fingerprint density at radius 3 is 2.80 bits per heavy atom. The quantitative estimate of drug-likeness (QED) is 0.753. The van der Waals surface area contributed by atoms with Gasteiger partial charge in [-0.1, -0.05) is 0 Å². The summed E-state index contributed by atoms with van der Waals surface area (Å²) in [6, 6.07) is 0. The first-order valence-corrected chi connectivity index (χ1v) is 4.90. The number of amides is 1. The van der Waals surface area contributed by atoms with Crippen LogP contribution in [0, 0.1) is 5.41 Å². The number of hydrogen-bond acceptors (Lipinski definition) is 3. The van der Waals surface area contributed by atoms with E-state index in [9.17, 15) is 4.79 Å². The highest BCUT2D eigenvalue weighted by atomic mass is 16.2. The van der Waals surface area contributed by atoms with E-state index in [2.05, 4.69) is 10.2 Å². The number of aromatic nitrogens is 2. The molecule has 0 radical (unpaired) electrons. The predicted octanol–water partition coefficient (Wildman–Crippen LogP) is 0.353. The van der Waals surface area contributed by atoms with Crippen molar-refractivity contribution in [3.05, 3.63) is 18.0 Å². The second-order valence-electron chi connectivity index (χ2n) is 4.36. The smallest absolute Gasteiger partial charge is 0.229 e. The van der Waals surface area contributed by atoms with Crippen LogP contribution in [-0.2, 0) is 11.3 Å². The highest BCUT2D eigenvalue weighted by Gasteiger charge is 2.28. The van der Waals surface area contributed by atoms with Crippen molar-refractivity contribution in [3.8, 4) is 0 Å². The second-order valence-corrected chi connectivity index (χ2v) is 4.36. The summed E-state index contributed by atoms with van der Waals surface area (Å²) in [6.45, 7) is 4.60. The van der Waals surface area contributed by atoms with Gasteiger partial charge in [0.05, 0.1) is 11.6 Å². The van der Waals surface area contributed by atoms with Crippen molar-refractivity contribution in [2.24, 2.45) is 11.1 Å². The molecule has 5 heteroatoms. The predicted molar refractivity (Wildman–Crippen MR) is 57.9 cm³/mol. The van der Waals surface area contributed by atoms with Gasteiger partial charge in [0.15, 0.2) is 0 Å². The first-order valence-electron chi connectivity index (χ1n) is 4.90. The molecule has 1 aromatic heterocycles. The fourth-order valence-electron chi connectivity index (χ4n) is 1.31. The van der Waals surface area contributed by atoms with Crippen LogP contribution in [0.5, 0.6) is 0 Å². The zero-order valence-electron chi connectivity index (χ0n) is 9.45. The van der Waals surface area contributed by atoms with E-state index in [0.29, 0.717) is 13.1 Å². The minimum atomic E-state index is -0.502. The van der Waals surface area contributed by atoms with Crippen molar-refractivity contribution >= 4 is 5.91 Å². The topological polar surface area (TPSA) is 75.0 Å². The Labute approximate surface area is 89.6 Å². The summed E-state index contributed by atoms with van der Waals surface area (Å²) in [5.41, 5.74) is 6.04. The van der Waals surface area contributed by atoms with E-state index in [0.717, 1.165) is 5.56 Å². The molecule has 0 aliphatic carbocycles. The van der Waals surface area contributed by atoms with Crippen molar-refractivity contribution in [3.63, 3.8) is 0 Å². The molecular weight excluding hydrogens is 192 g/mol. The first kappa shape index (κ1) is 11.7. The molecule has 0 atom stereocenters. The Hall–Kier alpha value is -1.36. The molecule has 15 heavy (non-hydrogen) atoms. The van der Waals surface area contributed by atoms with Gasteiger partial charge in [0.2, 0.25) is 5.91 Å². The average molecular weight is 210 g/mol. The van der Waals surface area contributed by atoms with E-state index >= 15 is 0 Å². The van der Waals surface area contributed by atoms with E-state index < -0.39 is 5.41 Å².